The van der Waals surface area contributed by atoms with Gasteiger partial charge in [0.1, 0.15) is 6.04 Å². The van der Waals surface area contributed by atoms with Gasteiger partial charge in [-0.2, -0.15) is 4.73 Å². The van der Waals surface area contributed by atoms with Crippen molar-refractivity contribution in [1.82, 2.24) is 10.0 Å². The fraction of sp³-hybridized carbons (Fsp3) is 0.333. The molecule has 1 aromatic rings. The molecule has 76 valence electrons. The number of carbonyl (C=O) groups excluding carboxylic acids is 2. The third-order valence-corrected chi connectivity index (χ3v) is 2.05. The first-order valence-corrected chi connectivity index (χ1v) is 4.40. The zero-order valence-electron chi connectivity index (χ0n) is 9.47. The van der Waals surface area contributed by atoms with Gasteiger partial charge >= 0.3 is 35.5 Å². The molecule has 2 heterocycles. The number of nitrogens with zero attached hydrogens (tertiary/aromatic N) is 1. The number of hydrogen-bond acceptors (Lipinski definition) is 3. The molecular formula is C9H11N2NaO3. The molecule has 0 radical (unpaired) electrons. The Hall–Kier alpha value is -0.780. The molecule has 0 saturated carbocycles. The van der Waals surface area contributed by atoms with Gasteiger partial charge in [0, 0.05) is 18.8 Å². The van der Waals surface area contributed by atoms with Crippen molar-refractivity contribution < 1.29 is 45.4 Å². The van der Waals surface area contributed by atoms with E-state index in [0.29, 0.717) is 12.8 Å². The van der Waals surface area contributed by atoms with Crippen LogP contribution in [0.4, 0.5) is 0 Å². The van der Waals surface area contributed by atoms with Crippen LogP contribution in [-0.2, 0) is 9.59 Å². The molecule has 15 heavy (non-hydrogen) atoms. The van der Waals surface area contributed by atoms with Gasteiger partial charge in [-0.3, -0.25) is 4.79 Å². The molecule has 0 aliphatic carbocycles. The van der Waals surface area contributed by atoms with Crippen LogP contribution in [0.25, 0.3) is 0 Å². The standard InChI is InChI=1S/C9H10N2O3.Na.H/c12-8-4-3-7(10-8)9(13)14-11-5-1-2-6-11;;/h1-2,5-7H,3-4H2,(H,10,12);;/q;+1;-1. The molecule has 5 nitrogen and oxygen atoms in total. The summed E-state index contributed by atoms with van der Waals surface area (Å²) in [6.45, 7) is 0. The summed E-state index contributed by atoms with van der Waals surface area (Å²) in [4.78, 5) is 27.2. The number of carbonyl (C=O) groups is 2. The van der Waals surface area contributed by atoms with Crippen LogP contribution in [0, 0.1) is 0 Å². The second kappa shape index (κ2) is 5.34. The first-order valence-electron chi connectivity index (χ1n) is 4.40. The zero-order chi connectivity index (χ0) is 9.97. The van der Waals surface area contributed by atoms with E-state index >= 15 is 0 Å². The maximum atomic E-state index is 11.4. The average Bonchev–Trinajstić information content (AvgIpc) is 2.75. The first kappa shape index (κ1) is 12.3. The minimum absolute atomic E-state index is 0. The van der Waals surface area contributed by atoms with Crippen molar-refractivity contribution in [1.29, 1.82) is 0 Å². The van der Waals surface area contributed by atoms with Crippen LogP contribution in [0.2, 0.25) is 0 Å². The summed E-state index contributed by atoms with van der Waals surface area (Å²) in [5.41, 5.74) is 0. The van der Waals surface area contributed by atoms with Gasteiger partial charge in [0.05, 0.1) is 0 Å². The number of hydrogen-bond donors (Lipinski definition) is 1. The van der Waals surface area contributed by atoms with E-state index in [9.17, 15) is 9.59 Å². The molecule has 1 N–H and O–H groups in total. The van der Waals surface area contributed by atoms with Crippen molar-refractivity contribution in [3.05, 3.63) is 24.5 Å². The monoisotopic (exact) mass is 218 g/mol. The van der Waals surface area contributed by atoms with E-state index in [0.717, 1.165) is 0 Å². The van der Waals surface area contributed by atoms with Gasteiger partial charge in [-0.15, -0.1) is 0 Å². The van der Waals surface area contributed by atoms with Crippen LogP contribution in [0.3, 0.4) is 0 Å². The van der Waals surface area contributed by atoms with E-state index in [1.807, 2.05) is 0 Å². The molecule has 1 aliphatic rings. The third-order valence-electron chi connectivity index (χ3n) is 2.05. The van der Waals surface area contributed by atoms with Gasteiger partial charge in [-0.05, 0) is 18.6 Å². The summed E-state index contributed by atoms with van der Waals surface area (Å²) in [6, 6.07) is 3.01. The molecule has 1 amide bonds. The first-order chi connectivity index (χ1) is 6.75. The van der Waals surface area contributed by atoms with Crippen molar-refractivity contribution >= 4 is 11.9 Å². The largest absolute Gasteiger partial charge is 1.00 e. The van der Waals surface area contributed by atoms with Crippen LogP contribution in [0.5, 0.6) is 0 Å². The van der Waals surface area contributed by atoms with Crippen molar-refractivity contribution in [2.45, 2.75) is 18.9 Å². The fourth-order valence-electron chi connectivity index (χ4n) is 1.34. The molecule has 6 heteroatoms. The Morgan fingerprint density at radius 2 is 2.20 bits per heavy atom. The number of rotatable bonds is 2. The van der Waals surface area contributed by atoms with Gasteiger partial charge in [0.2, 0.25) is 5.91 Å². The molecule has 0 bridgehead atoms. The Morgan fingerprint density at radius 3 is 2.73 bits per heavy atom. The Bertz CT molecular complexity index is 356. The van der Waals surface area contributed by atoms with E-state index in [-0.39, 0.29) is 36.9 Å². The summed E-state index contributed by atoms with van der Waals surface area (Å²) in [5.74, 6) is -0.522. The van der Waals surface area contributed by atoms with Crippen molar-refractivity contribution in [2.75, 3.05) is 0 Å². The fourth-order valence-corrected chi connectivity index (χ4v) is 1.34. The van der Waals surface area contributed by atoms with Crippen molar-refractivity contribution in [3.8, 4) is 0 Å². The normalized spacial score (nSPS) is 19.2. The molecule has 1 fully saturated rings. The maximum Gasteiger partial charge on any atom is 1.00 e. The average molecular weight is 218 g/mol. The van der Waals surface area contributed by atoms with Gasteiger partial charge in [0.15, 0.2) is 0 Å². The minimum Gasteiger partial charge on any atom is -1.00 e. The summed E-state index contributed by atoms with van der Waals surface area (Å²) >= 11 is 0. The number of nitrogens with one attached hydrogen (secondary N) is 1. The maximum absolute atomic E-state index is 11.4. The van der Waals surface area contributed by atoms with Gasteiger partial charge < -0.3 is 11.6 Å². The van der Waals surface area contributed by atoms with E-state index in [4.69, 9.17) is 4.84 Å². The zero-order valence-corrected chi connectivity index (χ0v) is 10.5. The topological polar surface area (TPSA) is 60.3 Å². The second-order valence-corrected chi connectivity index (χ2v) is 3.11. The second-order valence-electron chi connectivity index (χ2n) is 3.11. The van der Waals surface area contributed by atoms with Gasteiger partial charge in [0.25, 0.3) is 0 Å². The van der Waals surface area contributed by atoms with Gasteiger partial charge in [-0.1, -0.05) is 0 Å². The van der Waals surface area contributed by atoms with Crippen LogP contribution >= 0.6 is 0 Å². The predicted octanol–water partition coefficient (Wildman–Crippen LogP) is -3.16. The SMILES string of the molecule is O=C1CCC(C(=O)On2cccc2)N1.[H-].[Na+]. The van der Waals surface area contributed by atoms with Gasteiger partial charge in [-0.25, -0.2) is 4.79 Å². The Balaban J connectivity index is 0.00000112. The van der Waals surface area contributed by atoms with Crippen LogP contribution in [0.15, 0.2) is 24.5 Å². The third kappa shape index (κ3) is 3.09. The molecule has 2 rings (SSSR count). The molecular weight excluding hydrogens is 207 g/mol. The quantitative estimate of drug-likeness (QED) is 0.533. The van der Waals surface area contributed by atoms with E-state index < -0.39 is 12.0 Å². The van der Waals surface area contributed by atoms with E-state index in [1.165, 1.54) is 4.73 Å². The van der Waals surface area contributed by atoms with E-state index in [1.54, 1.807) is 24.5 Å². The smallest absolute Gasteiger partial charge is 1.00 e. The Morgan fingerprint density at radius 1 is 1.53 bits per heavy atom. The van der Waals surface area contributed by atoms with Crippen LogP contribution in [-0.4, -0.2) is 22.6 Å². The van der Waals surface area contributed by atoms with Crippen molar-refractivity contribution in [3.63, 3.8) is 0 Å². The molecule has 1 saturated heterocycles. The molecule has 1 aromatic heterocycles. The molecule has 1 aliphatic heterocycles. The van der Waals surface area contributed by atoms with Crippen LogP contribution in [0.1, 0.15) is 14.3 Å². The Labute approximate surface area is 111 Å². The van der Waals surface area contributed by atoms with Crippen molar-refractivity contribution in [2.24, 2.45) is 0 Å². The summed E-state index contributed by atoms with van der Waals surface area (Å²) in [6.07, 6.45) is 4.15. The number of aromatic nitrogens is 1. The molecule has 1 unspecified atom stereocenters. The Kier molecular flexibility index (Phi) is 4.38. The molecule has 1 atom stereocenters. The number of amides is 1. The minimum atomic E-state index is -0.495. The summed E-state index contributed by atoms with van der Waals surface area (Å²) in [7, 11) is 0. The van der Waals surface area contributed by atoms with E-state index in [2.05, 4.69) is 5.32 Å². The molecule has 0 spiro atoms. The summed E-state index contributed by atoms with van der Waals surface area (Å²) < 4.78 is 1.31. The van der Waals surface area contributed by atoms with Crippen LogP contribution < -0.4 is 39.7 Å². The molecule has 0 aromatic carbocycles. The summed E-state index contributed by atoms with van der Waals surface area (Å²) in [5, 5.41) is 2.54. The predicted molar refractivity (Wildman–Crippen MR) is 48.3 cm³/mol.